The third kappa shape index (κ3) is 2.80. The summed E-state index contributed by atoms with van der Waals surface area (Å²) in [4.78, 5) is 0. The minimum Gasteiger partial charge on any atom is -0.507 e. The number of benzene rings is 2. The summed E-state index contributed by atoms with van der Waals surface area (Å²) >= 11 is 0. The van der Waals surface area contributed by atoms with Crippen molar-refractivity contribution in [2.45, 2.75) is 0 Å². The van der Waals surface area contributed by atoms with Crippen LogP contribution in [-0.2, 0) is 0 Å². The highest BCUT2D eigenvalue weighted by molar-refractivity contribution is 5.88. The molecule has 0 aliphatic heterocycles. The van der Waals surface area contributed by atoms with Gasteiger partial charge in [-0.05, 0) is 0 Å². The molecule has 0 aliphatic rings. The first-order valence-corrected chi connectivity index (χ1v) is 7.30. The second-order valence-corrected chi connectivity index (χ2v) is 5.25. The SMILES string of the molecule is COc1cc2c(O)cc(O)cc2[o+]c1-c1cc(OC)c(O)c(OC)c1. The zero-order valence-corrected chi connectivity index (χ0v) is 13.9. The van der Waals surface area contributed by atoms with Gasteiger partial charge in [-0.15, -0.1) is 0 Å². The number of hydrogen-bond acceptors (Lipinski definition) is 6. The quantitative estimate of drug-likeness (QED) is 0.622. The summed E-state index contributed by atoms with van der Waals surface area (Å²) in [5, 5.41) is 30.1. The molecule has 0 fully saturated rings. The van der Waals surface area contributed by atoms with E-state index in [1.165, 1.54) is 33.5 Å². The molecule has 0 atom stereocenters. The summed E-state index contributed by atoms with van der Waals surface area (Å²) in [5.74, 6) is 0.662. The first-order chi connectivity index (χ1) is 12.0. The molecule has 130 valence electrons. The van der Waals surface area contributed by atoms with Gasteiger partial charge < -0.3 is 29.5 Å². The third-order valence-corrected chi connectivity index (χ3v) is 3.78. The van der Waals surface area contributed by atoms with Crippen LogP contribution in [0.4, 0.5) is 0 Å². The van der Waals surface area contributed by atoms with Gasteiger partial charge in [0.05, 0.1) is 33.0 Å². The Morgan fingerprint density at radius 1 is 0.760 bits per heavy atom. The molecule has 0 bridgehead atoms. The van der Waals surface area contributed by atoms with Gasteiger partial charge in [0.2, 0.25) is 11.5 Å². The molecule has 0 aliphatic carbocycles. The number of methoxy groups -OCH3 is 3. The smallest absolute Gasteiger partial charge is 0.402 e. The predicted molar refractivity (Wildman–Crippen MR) is 90.7 cm³/mol. The van der Waals surface area contributed by atoms with Crippen LogP contribution in [0.3, 0.4) is 0 Å². The first kappa shape index (κ1) is 16.5. The van der Waals surface area contributed by atoms with Crippen molar-refractivity contribution >= 4 is 11.0 Å². The van der Waals surface area contributed by atoms with Crippen molar-refractivity contribution in [1.29, 1.82) is 0 Å². The second-order valence-electron chi connectivity index (χ2n) is 5.25. The summed E-state index contributed by atoms with van der Waals surface area (Å²) in [5.41, 5.74) is 0.785. The summed E-state index contributed by atoms with van der Waals surface area (Å²) in [6.45, 7) is 0. The van der Waals surface area contributed by atoms with Crippen LogP contribution in [0.25, 0.3) is 22.3 Å². The molecule has 0 unspecified atom stereocenters. The Morgan fingerprint density at radius 2 is 1.36 bits per heavy atom. The number of hydrogen-bond donors (Lipinski definition) is 3. The Labute approximate surface area is 143 Å². The number of phenols is 3. The summed E-state index contributed by atoms with van der Waals surface area (Å²) in [6, 6.07) is 7.31. The fraction of sp³-hybridized carbons (Fsp3) is 0.167. The van der Waals surface area contributed by atoms with E-state index < -0.39 is 0 Å². The molecule has 0 amide bonds. The molecule has 0 saturated heterocycles. The van der Waals surface area contributed by atoms with Crippen LogP contribution in [-0.4, -0.2) is 36.6 Å². The lowest BCUT2D eigenvalue weighted by Crippen LogP contribution is -1.93. The molecule has 1 aromatic heterocycles. The molecule has 3 aromatic rings. The monoisotopic (exact) mass is 345 g/mol. The standard InChI is InChI=1S/C18H16O7/c1-22-14-4-9(5-15(23-2)17(14)21)18-16(24-3)8-11-12(20)6-10(19)7-13(11)25-18/h4-8H,1-3H3,(H2-,19,20,21)/p+1. The lowest BCUT2D eigenvalue weighted by Gasteiger charge is -2.09. The van der Waals surface area contributed by atoms with E-state index in [2.05, 4.69) is 0 Å². The normalized spacial score (nSPS) is 10.7. The van der Waals surface area contributed by atoms with E-state index in [0.717, 1.165) is 0 Å². The lowest BCUT2D eigenvalue weighted by molar-refractivity contribution is 0.340. The van der Waals surface area contributed by atoms with Gasteiger partial charge in [-0.25, -0.2) is 4.42 Å². The molecule has 0 radical (unpaired) electrons. The Balaban J connectivity index is 2.31. The Morgan fingerprint density at radius 3 is 1.92 bits per heavy atom. The molecule has 7 nitrogen and oxygen atoms in total. The molecule has 3 N–H and O–H groups in total. The number of ether oxygens (including phenoxy) is 3. The predicted octanol–water partition coefficient (Wildman–Crippen LogP) is 3.52. The van der Waals surface area contributed by atoms with Crippen molar-refractivity contribution in [3.8, 4) is 45.8 Å². The number of fused-ring (bicyclic) bond motifs is 1. The summed E-state index contributed by atoms with van der Waals surface area (Å²) in [6.07, 6.45) is 0. The van der Waals surface area contributed by atoms with Gasteiger partial charge >= 0.3 is 11.3 Å². The van der Waals surface area contributed by atoms with E-state index in [0.29, 0.717) is 22.5 Å². The maximum Gasteiger partial charge on any atom is 0.402 e. The number of phenolic OH excluding ortho intramolecular Hbond substituents is 3. The fourth-order valence-electron chi connectivity index (χ4n) is 2.56. The van der Waals surface area contributed by atoms with E-state index in [-0.39, 0.29) is 34.3 Å². The van der Waals surface area contributed by atoms with Crippen LogP contribution >= 0.6 is 0 Å². The summed E-state index contributed by atoms with van der Waals surface area (Å²) in [7, 11) is 4.30. The van der Waals surface area contributed by atoms with E-state index in [1.807, 2.05) is 0 Å². The fourth-order valence-corrected chi connectivity index (χ4v) is 2.56. The van der Waals surface area contributed by atoms with Gasteiger partial charge in [0.1, 0.15) is 16.9 Å². The Kier molecular flexibility index (Phi) is 4.14. The average molecular weight is 345 g/mol. The molecule has 0 saturated carbocycles. The lowest BCUT2D eigenvalue weighted by atomic mass is 10.1. The molecule has 2 aromatic carbocycles. The van der Waals surface area contributed by atoms with Crippen LogP contribution in [0.5, 0.6) is 34.5 Å². The second kappa shape index (κ2) is 6.27. The zero-order valence-electron chi connectivity index (χ0n) is 13.9. The van der Waals surface area contributed by atoms with Crippen molar-refractivity contribution in [3.05, 3.63) is 30.3 Å². The highest BCUT2D eigenvalue weighted by Crippen LogP contribution is 2.44. The van der Waals surface area contributed by atoms with Crippen LogP contribution in [0.15, 0.2) is 34.7 Å². The van der Waals surface area contributed by atoms with Crippen LogP contribution in [0.2, 0.25) is 0 Å². The van der Waals surface area contributed by atoms with Crippen molar-refractivity contribution in [2.75, 3.05) is 21.3 Å². The number of aromatic hydroxyl groups is 3. The van der Waals surface area contributed by atoms with Gasteiger partial charge in [0.15, 0.2) is 11.5 Å². The largest absolute Gasteiger partial charge is 0.507 e. The van der Waals surface area contributed by atoms with E-state index in [1.54, 1.807) is 18.2 Å². The maximum atomic E-state index is 10.1. The van der Waals surface area contributed by atoms with Crippen molar-refractivity contribution in [1.82, 2.24) is 0 Å². The molecule has 3 rings (SSSR count). The molecule has 1 heterocycles. The minimum atomic E-state index is -0.135. The van der Waals surface area contributed by atoms with Crippen molar-refractivity contribution < 1.29 is 33.9 Å². The highest BCUT2D eigenvalue weighted by Gasteiger charge is 2.27. The molecule has 0 spiro atoms. The zero-order chi connectivity index (χ0) is 18.1. The van der Waals surface area contributed by atoms with Crippen molar-refractivity contribution in [2.24, 2.45) is 0 Å². The summed E-state index contributed by atoms with van der Waals surface area (Å²) < 4.78 is 21.5. The highest BCUT2D eigenvalue weighted by atomic mass is 16.5. The van der Waals surface area contributed by atoms with Gasteiger partial charge in [0, 0.05) is 24.3 Å². The van der Waals surface area contributed by atoms with Gasteiger partial charge in [-0.1, -0.05) is 0 Å². The molecule has 7 heteroatoms. The van der Waals surface area contributed by atoms with Gasteiger partial charge in [-0.3, -0.25) is 0 Å². The van der Waals surface area contributed by atoms with Gasteiger partial charge in [0.25, 0.3) is 0 Å². The average Bonchev–Trinajstić information content (AvgIpc) is 2.60. The van der Waals surface area contributed by atoms with Crippen LogP contribution in [0.1, 0.15) is 0 Å². The van der Waals surface area contributed by atoms with E-state index in [4.69, 9.17) is 18.6 Å². The van der Waals surface area contributed by atoms with E-state index in [9.17, 15) is 15.3 Å². The Bertz CT molecular complexity index is 925. The third-order valence-electron chi connectivity index (χ3n) is 3.78. The minimum absolute atomic E-state index is 0.134. The molecular weight excluding hydrogens is 328 g/mol. The maximum absolute atomic E-state index is 10.1. The Hall–Kier alpha value is -3.35. The molecule has 25 heavy (non-hydrogen) atoms. The first-order valence-electron chi connectivity index (χ1n) is 7.30. The van der Waals surface area contributed by atoms with Gasteiger partial charge in [-0.2, -0.15) is 0 Å². The molecular formula is C18H17O7+. The topological polar surface area (TPSA) is 99.7 Å². The van der Waals surface area contributed by atoms with Crippen molar-refractivity contribution in [3.63, 3.8) is 0 Å². The van der Waals surface area contributed by atoms with Crippen LogP contribution < -0.4 is 14.2 Å². The van der Waals surface area contributed by atoms with Crippen LogP contribution in [0, 0.1) is 0 Å². The van der Waals surface area contributed by atoms with E-state index >= 15 is 0 Å². The number of rotatable bonds is 4.